The standard InChI is InChI=1S/C9H14NP.C7H13N2P/c1-11(2)8-5-9-3-6-10-7-4-9;1-10(2)6-5-9-4-3-8-7-9/h3-4,6-7H,5,8H2,1-2H3;3-4,7H,5-6H2,1-2H3. The summed E-state index contributed by atoms with van der Waals surface area (Å²) in [5, 5.41) is 0. The third-order valence-corrected chi connectivity index (χ3v) is 5.17. The number of rotatable bonds is 6. The Morgan fingerprint density at radius 3 is 2.10 bits per heavy atom. The Balaban J connectivity index is 0.000000211. The van der Waals surface area contributed by atoms with E-state index in [0.717, 1.165) is 6.54 Å². The monoisotopic (exact) mass is 323 g/mol. The molecule has 0 amide bonds. The number of aromatic nitrogens is 3. The van der Waals surface area contributed by atoms with Crippen LogP contribution in [0.3, 0.4) is 0 Å². The summed E-state index contributed by atoms with van der Waals surface area (Å²) in [5.41, 5.74) is 1.41. The number of nitrogens with zero attached hydrogens (tertiary/aromatic N) is 3. The van der Waals surface area contributed by atoms with Crippen molar-refractivity contribution in [2.24, 2.45) is 0 Å². The van der Waals surface area contributed by atoms with Crippen molar-refractivity contribution in [2.75, 3.05) is 39.0 Å². The molecule has 0 N–H and O–H groups in total. The van der Waals surface area contributed by atoms with Gasteiger partial charge in [-0.1, -0.05) is 0 Å². The summed E-state index contributed by atoms with van der Waals surface area (Å²) in [6, 6.07) is 4.19. The van der Waals surface area contributed by atoms with E-state index in [1.54, 1.807) is 0 Å². The first-order valence-electron chi connectivity index (χ1n) is 7.22. The molecule has 0 radical (unpaired) electrons. The summed E-state index contributed by atoms with van der Waals surface area (Å²) < 4.78 is 2.13. The van der Waals surface area contributed by atoms with Crippen LogP contribution in [0.1, 0.15) is 5.56 Å². The fraction of sp³-hybridized carbons (Fsp3) is 0.500. The molecule has 0 saturated heterocycles. The summed E-state index contributed by atoms with van der Waals surface area (Å²) in [6.07, 6.45) is 13.3. The highest BCUT2D eigenvalue weighted by molar-refractivity contribution is 7.56. The lowest BCUT2D eigenvalue weighted by Crippen LogP contribution is -1.97. The molecule has 0 saturated carbocycles. The second kappa shape index (κ2) is 10.9. The molecule has 2 rings (SSSR count). The molecule has 2 aromatic rings. The van der Waals surface area contributed by atoms with Gasteiger partial charge >= 0.3 is 0 Å². The topological polar surface area (TPSA) is 30.7 Å². The van der Waals surface area contributed by atoms with Gasteiger partial charge in [0, 0.05) is 31.3 Å². The third-order valence-electron chi connectivity index (χ3n) is 2.96. The van der Waals surface area contributed by atoms with Crippen LogP contribution in [0.5, 0.6) is 0 Å². The van der Waals surface area contributed by atoms with E-state index in [1.165, 1.54) is 24.3 Å². The fourth-order valence-electron chi connectivity index (χ4n) is 1.64. The lowest BCUT2D eigenvalue weighted by molar-refractivity contribution is 0.767. The quantitative estimate of drug-likeness (QED) is 0.753. The van der Waals surface area contributed by atoms with Crippen molar-refractivity contribution in [1.29, 1.82) is 0 Å². The average Bonchev–Trinajstić information content (AvgIpc) is 2.98. The normalized spacial score (nSPS) is 10.6. The van der Waals surface area contributed by atoms with Gasteiger partial charge in [0.2, 0.25) is 0 Å². The molecule has 0 fully saturated rings. The first kappa shape index (κ1) is 18.3. The summed E-state index contributed by atoms with van der Waals surface area (Å²) in [5.74, 6) is 0. The molecule has 116 valence electrons. The van der Waals surface area contributed by atoms with Crippen LogP contribution in [0.2, 0.25) is 0 Å². The highest BCUT2D eigenvalue weighted by atomic mass is 31.1. The minimum absolute atomic E-state index is 0.246. The van der Waals surface area contributed by atoms with Crippen molar-refractivity contribution in [2.45, 2.75) is 13.0 Å². The van der Waals surface area contributed by atoms with Crippen LogP contribution in [-0.2, 0) is 13.0 Å². The predicted octanol–water partition coefficient (Wildman–Crippen LogP) is 3.99. The molecular formula is C16H27N3P2. The molecule has 21 heavy (non-hydrogen) atoms. The molecule has 0 unspecified atom stereocenters. The van der Waals surface area contributed by atoms with Gasteiger partial charge in [-0.25, -0.2) is 4.98 Å². The molecule has 2 heterocycles. The Morgan fingerprint density at radius 1 is 0.905 bits per heavy atom. The lowest BCUT2D eigenvalue weighted by Gasteiger charge is -2.04. The van der Waals surface area contributed by atoms with Crippen LogP contribution in [0.25, 0.3) is 0 Å². The van der Waals surface area contributed by atoms with Gasteiger partial charge in [0.15, 0.2) is 0 Å². The first-order chi connectivity index (χ1) is 10.1. The van der Waals surface area contributed by atoms with Crippen LogP contribution < -0.4 is 0 Å². The number of hydrogen-bond acceptors (Lipinski definition) is 2. The molecule has 0 aliphatic carbocycles. The van der Waals surface area contributed by atoms with E-state index in [1.807, 2.05) is 31.1 Å². The van der Waals surface area contributed by atoms with E-state index in [0.29, 0.717) is 0 Å². The zero-order valence-corrected chi connectivity index (χ0v) is 15.4. The second-order valence-corrected chi connectivity index (χ2v) is 10.7. The molecule has 0 aliphatic rings. The van der Waals surface area contributed by atoms with Crippen molar-refractivity contribution in [3.8, 4) is 0 Å². The van der Waals surface area contributed by atoms with Gasteiger partial charge in [0.05, 0.1) is 6.33 Å². The minimum atomic E-state index is 0.246. The van der Waals surface area contributed by atoms with Gasteiger partial charge in [-0.3, -0.25) is 4.98 Å². The predicted molar refractivity (Wildman–Crippen MR) is 97.4 cm³/mol. The smallest absolute Gasteiger partial charge is 0.0946 e. The van der Waals surface area contributed by atoms with Gasteiger partial charge in [-0.15, -0.1) is 15.8 Å². The third kappa shape index (κ3) is 9.72. The maximum absolute atomic E-state index is 3.98. The first-order valence-corrected chi connectivity index (χ1v) is 12.1. The summed E-state index contributed by atoms with van der Waals surface area (Å²) in [6.45, 7) is 10.4. The highest BCUT2D eigenvalue weighted by Gasteiger charge is 1.94. The van der Waals surface area contributed by atoms with Crippen LogP contribution in [-0.4, -0.2) is 53.5 Å². The zero-order valence-electron chi connectivity index (χ0n) is 13.6. The van der Waals surface area contributed by atoms with E-state index in [4.69, 9.17) is 0 Å². The number of hydrogen-bond donors (Lipinski definition) is 0. The Bertz CT molecular complexity index is 456. The van der Waals surface area contributed by atoms with Crippen molar-refractivity contribution >= 4 is 15.8 Å². The average molecular weight is 323 g/mol. The van der Waals surface area contributed by atoms with Gasteiger partial charge < -0.3 is 4.57 Å². The van der Waals surface area contributed by atoms with E-state index in [-0.39, 0.29) is 15.8 Å². The summed E-state index contributed by atoms with van der Waals surface area (Å²) in [4.78, 5) is 7.95. The minimum Gasteiger partial charge on any atom is -0.337 e. The zero-order chi connectivity index (χ0) is 15.5. The Kier molecular flexibility index (Phi) is 9.46. The van der Waals surface area contributed by atoms with Crippen LogP contribution in [0.4, 0.5) is 0 Å². The Morgan fingerprint density at radius 2 is 1.57 bits per heavy atom. The van der Waals surface area contributed by atoms with Crippen LogP contribution >= 0.6 is 15.8 Å². The van der Waals surface area contributed by atoms with Gasteiger partial charge in [-0.2, -0.15) is 0 Å². The molecule has 2 aromatic heterocycles. The van der Waals surface area contributed by atoms with Crippen LogP contribution in [0, 0.1) is 0 Å². The number of imidazole rings is 1. The molecular weight excluding hydrogens is 296 g/mol. The SMILES string of the molecule is CP(C)CCc1ccncc1.CP(C)CCn1ccnc1. The van der Waals surface area contributed by atoms with Gasteiger partial charge in [0.25, 0.3) is 0 Å². The largest absolute Gasteiger partial charge is 0.337 e. The van der Waals surface area contributed by atoms with Crippen molar-refractivity contribution in [1.82, 2.24) is 14.5 Å². The number of pyridine rings is 1. The van der Waals surface area contributed by atoms with E-state index in [2.05, 4.69) is 53.3 Å². The van der Waals surface area contributed by atoms with Crippen molar-refractivity contribution in [3.63, 3.8) is 0 Å². The second-order valence-electron chi connectivity index (χ2n) is 5.51. The van der Waals surface area contributed by atoms with Crippen molar-refractivity contribution in [3.05, 3.63) is 48.8 Å². The van der Waals surface area contributed by atoms with E-state index >= 15 is 0 Å². The molecule has 0 bridgehead atoms. The fourth-order valence-corrected chi connectivity index (χ4v) is 2.97. The molecule has 5 heteroatoms. The maximum atomic E-state index is 3.98. The van der Waals surface area contributed by atoms with Gasteiger partial charge in [-0.05, 0) is 63.1 Å². The van der Waals surface area contributed by atoms with Gasteiger partial charge in [0.1, 0.15) is 0 Å². The Hall–Kier alpha value is -0.780. The Labute approximate surface area is 131 Å². The molecule has 0 aromatic carbocycles. The summed E-state index contributed by atoms with van der Waals surface area (Å²) >= 11 is 0. The molecule has 0 spiro atoms. The summed E-state index contributed by atoms with van der Waals surface area (Å²) in [7, 11) is 0.502. The van der Waals surface area contributed by atoms with Crippen LogP contribution in [0.15, 0.2) is 43.2 Å². The number of aryl methyl sites for hydroxylation is 2. The molecule has 0 atom stereocenters. The highest BCUT2D eigenvalue weighted by Crippen LogP contribution is 2.25. The maximum Gasteiger partial charge on any atom is 0.0946 e. The lowest BCUT2D eigenvalue weighted by atomic mass is 10.2. The van der Waals surface area contributed by atoms with E-state index in [9.17, 15) is 0 Å². The van der Waals surface area contributed by atoms with Crippen molar-refractivity contribution < 1.29 is 0 Å². The molecule has 0 aliphatic heterocycles. The van der Waals surface area contributed by atoms with E-state index < -0.39 is 0 Å². The molecule has 3 nitrogen and oxygen atoms in total.